The van der Waals surface area contributed by atoms with Crippen molar-refractivity contribution in [3.63, 3.8) is 0 Å². The van der Waals surface area contributed by atoms with E-state index in [4.69, 9.17) is 5.14 Å². The van der Waals surface area contributed by atoms with Gasteiger partial charge in [-0.1, -0.05) is 0 Å². The Morgan fingerprint density at radius 2 is 2.04 bits per heavy atom. The summed E-state index contributed by atoms with van der Waals surface area (Å²) in [6, 6.07) is 4.86. The number of rotatable bonds is 5. The van der Waals surface area contributed by atoms with Gasteiger partial charge in [0.2, 0.25) is 15.9 Å². The molecule has 0 bridgehead atoms. The molecule has 3 rings (SSSR count). The molecule has 9 heteroatoms. The van der Waals surface area contributed by atoms with E-state index in [-0.39, 0.29) is 17.2 Å². The number of hydrogen-bond donors (Lipinski definition) is 2. The number of anilines is 1. The summed E-state index contributed by atoms with van der Waals surface area (Å²) in [5.74, 6) is -0.263. The number of benzene rings is 1. The van der Waals surface area contributed by atoms with Crippen molar-refractivity contribution < 1.29 is 13.2 Å². The van der Waals surface area contributed by atoms with Crippen LogP contribution in [0.1, 0.15) is 16.8 Å². The summed E-state index contributed by atoms with van der Waals surface area (Å²) in [7, 11) is -3.84. The fraction of sp³-hybridized carbons (Fsp3) is 0.176. The van der Waals surface area contributed by atoms with E-state index in [1.165, 1.54) is 23.5 Å². The Balaban J connectivity index is 1.77. The van der Waals surface area contributed by atoms with Gasteiger partial charge in [-0.15, -0.1) is 11.3 Å². The lowest BCUT2D eigenvalue weighted by Gasteiger charge is -2.12. The average molecular weight is 408 g/mol. The maximum atomic E-state index is 12.4. The molecule has 0 aliphatic carbocycles. The van der Waals surface area contributed by atoms with E-state index >= 15 is 0 Å². The van der Waals surface area contributed by atoms with Crippen molar-refractivity contribution >= 4 is 44.3 Å². The molecule has 0 saturated carbocycles. The van der Waals surface area contributed by atoms with Crippen LogP contribution < -0.4 is 10.5 Å². The lowest BCUT2D eigenvalue weighted by atomic mass is 10.1. The lowest BCUT2D eigenvalue weighted by molar-refractivity contribution is -0.115. The quantitative estimate of drug-likeness (QED) is 0.677. The Morgan fingerprint density at radius 3 is 2.69 bits per heavy atom. The van der Waals surface area contributed by atoms with Gasteiger partial charge < -0.3 is 5.32 Å². The van der Waals surface area contributed by atoms with Crippen LogP contribution in [0.4, 0.5) is 5.69 Å². The van der Waals surface area contributed by atoms with E-state index in [0.29, 0.717) is 11.4 Å². The molecule has 0 saturated heterocycles. The third kappa shape index (κ3) is 4.18. The van der Waals surface area contributed by atoms with Gasteiger partial charge in [-0.3, -0.25) is 4.79 Å². The van der Waals surface area contributed by atoms with E-state index in [1.807, 2.05) is 29.1 Å². The van der Waals surface area contributed by atoms with Crippen molar-refractivity contribution in [3.8, 4) is 10.6 Å². The fourth-order valence-corrected chi connectivity index (χ4v) is 4.54. The molecular formula is C17H17N3O3S3. The van der Waals surface area contributed by atoms with Gasteiger partial charge in [-0.25, -0.2) is 18.5 Å². The number of thiophene rings is 1. The molecule has 2 aromatic heterocycles. The third-order valence-electron chi connectivity index (χ3n) is 3.91. The van der Waals surface area contributed by atoms with Crippen molar-refractivity contribution in [1.82, 2.24) is 4.98 Å². The highest BCUT2D eigenvalue weighted by Crippen LogP contribution is 2.27. The first-order valence-corrected chi connectivity index (χ1v) is 11.0. The molecule has 2 heterocycles. The van der Waals surface area contributed by atoms with Gasteiger partial charge in [0.25, 0.3) is 0 Å². The second-order valence-electron chi connectivity index (χ2n) is 5.84. The number of nitrogens with one attached hydrogen (secondary N) is 1. The maximum Gasteiger partial charge on any atom is 0.238 e. The van der Waals surface area contributed by atoms with Gasteiger partial charge in [0.05, 0.1) is 17.0 Å². The van der Waals surface area contributed by atoms with Gasteiger partial charge in [-0.2, -0.15) is 11.3 Å². The summed E-state index contributed by atoms with van der Waals surface area (Å²) in [6.45, 7) is 3.59. The number of thiazole rings is 1. The predicted molar refractivity (Wildman–Crippen MR) is 105 cm³/mol. The molecule has 0 unspecified atom stereocenters. The molecule has 0 fully saturated rings. The van der Waals surface area contributed by atoms with E-state index in [0.717, 1.165) is 21.7 Å². The topological polar surface area (TPSA) is 102 Å². The minimum Gasteiger partial charge on any atom is -0.325 e. The molecule has 0 atom stereocenters. The van der Waals surface area contributed by atoms with Gasteiger partial charge in [-0.05, 0) is 48.6 Å². The Kier molecular flexibility index (Phi) is 5.24. The molecule has 3 N–H and O–H groups in total. The molecule has 0 aliphatic heterocycles. The zero-order valence-corrected chi connectivity index (χ0v) is 16.6. The van der Waals surface area contributed by atoms with Gasteiger partial charge >= 0.3 is 0 Å². The molecule has 1 amide bonds. The van der Waals surface area contributed by atoms with Crippen LogP contribution in [0.3, 0.4) is 0 Å². The molecule has 136 valence electrons. The molecule has 0 spiro atoms. The highest BCUT2D eigenvalue weighted by Gasteiger charge is 2.15. The fourth-order valence-electron chi connectivity index (χ4n) is 2.39. The highest BCUT2D eigenvalue weighted by atomic mass is 32.2. The summed E-state index contributed by atoms with van der Waals surface area (Å²) >= 11 is 3.08. The maximum absolute atomic E-state index is 12.4. The average Bonchev–Trinajstić information content (AvgIpc) is 3.21. The van der Waals surface area contributed by atoms with Crippen LogP contribution in [-0.2, 0) is 21.2 Å². The van der Waals surface area contributed by atoms with Crippen molar-refractivity contribution in [2.24, 2.45) is 5.14 Å². The number of amides is 1. The monoisotopic (exact) mass is 407 g/mol. The summed E-state index contributed by atoms with van der Waals surface area (Å²) in [4.78, 5) is 16.8. The predicted octanol–water partition coefficient (Wildman–Crippen LogP) is 3.32. The minimum absolute atomic E-state index is 0.0238. The zero-order chi connectivity index (χ0) is 18.9. The summed E-state index contributed by atoms with van der Waals surface area (Å²) < 4.78 is 23.2. The number of hydrogen-bond acceptors (Lipinski definition) is 6. The first kappa shape index (κ1) is 18.7. The Morgan fingerprint density at radius 1 is 1.27 bits per heavy atom. The van der Waals surface area contributed by atoms with Crippen LogP contribution in [0, 0.1) is 13.8 Å². The SMILES string of the molecule is Cc1cc(S(N)(=O)=O)cc(NC(=O)Cc2csc(-c3ccsc3)n2)c1C. The van der Waals surface area contributed by atoms with Crippen LogP contribution in [-0.4, -0.2) is 19.3 Å². The summed E-state index contributed by atoms with van der Waals surface area (Å²) in [6.07, 6.45) is 0.110. The number of aromatic nitrogens is 1. The minimum atomic E-state index is -3.84. The molecular weight excluding hydrogens is 390 g/mol. The van der Waals surface area contributed by atoms with E-state index in [1.54, 1.807) is 18.3 Å². The summed E-state index contributed by atoms with van der Waals surface area (Å²) in [5.41, 5.74) is 3.68. The third-order valence-corrected chi connectivity index (χ3v) is 6.42. The van der Waals surface area contributed by atoms with Crippen molar-refractivity contribution in [1.29, 1.82) is 0 Å². The number of nitrogens with zero attached hydrogens (tertiary/aromatic N) is 1. The molecule has 3 aromatic rings. The number of carbonyl (C=O) groups is 1. The van der Waals surface area contributed by atoms with Crippen LogP contribution in [0.5, 0.6) is 0 Å². The van der Waals surface area contributed by atoms with Crippen LogP contribution in [0.25, 0.3) is 10.6 Å². The second-order valence-corrected chi connectivity index (χ2v) is 9.04. The smallest absolute Gasteiger partial charge is 0.238 e. The van der Waals surface area contributed by atoms with Crippen LogP contribution in [0.2, 0.25) is 0 Å². The number of sulfonamides is 1. The Bertz CT molecular complexity index is 1050. The zero-order valence-electron chi connectivity index (χ0n) is 14.1. The Labute approximate surface area is 159 Å². The van der Waals surface area contributed by atoms with Gasteiger partial charge in [0, 0.05) is 22.0 Å². The molecule has 0 radical (unpaired) electrons. The van der Waals surface area contributed by atoms with Crippen molar-refractivity contribution in [3.05, 3.63) is 51.2 Å². The van der Waals surface area contributed by atoms with Crippen molar-refractivity contribution in [2.75, 3.05) is 5.32 Å². The van der Waals surface area contributed by atoms with Crippen LogP contribution in [0.15, 0.2) is 39.2 Å². The van der Waals surface area contributed by atoms with Gasteiger partial charge in [0.15, 0.2) is 0 Å². The summed E-state index contributed by atoms with van der Waals surface area (Å²) in [5, 5.41) is 14.7. The second kappa shape index (κ2) is 7.28. The standard InChI is InChI=1S/C17H17N3O3S3/c1-10-5-14(26(18,22)23)7-15(11(10)2)20-16(21)6-13-9-25-17(19-13)12-3-4-24-8-12/h3-5,7-9H,6H2,1-2H3,(H,20,21)(H2,18,22,23). The molecule has 6 nitrogen and oxygen atoms in total. The van der Waals surface area contributed by atoms with E-state index < -0.39 is 10.0 Å². The first-order chi connectivity index (χ1) is 12.2. The number of nitrogens with two attached hydrogens (primary N) is 1. The molecule has 1 aromatic carbocycles. The van der Waals surface area contributed by atoms with E-state index in [2.05, 4.69) is 10.3 Å². The largest absolute Gasteiger partial charge is 0.325 e. The van der Waals surface area contributed by atoms with Crippen LogP contribution >= 0.6 is 22.7 Å². The van der Waals surface area contributed by atoms with Crippen molar-refractivity contribution in [2.45, 2.75) is 25.2 Å². The number of primary sulfonamides is 1. The number of carbonyl (C=O) groups excluding carboxylic acids is 1. The molecule has 26 heavy (non-hydrogen) atoms. The highest BCUT2D eigenvalue weighted by molar-refractivity contribution is 7.89. The van der Waals surface area contributed by atoms with E-state index in [9.17, 15) is 13.2 Å². The molecule has 0 aliphatic rings. The van der Waals surface area contributed by atoms with Gasteiger partial charge in [0.1, 0.15) is 5.01 Å². The first-order valence-electron chi connectivity index (χ1n) is 7.65. The number of aryl methyl sites for hydroxylation is 1. The Hall–Kier alpha value is -2.07. The normalized spacial score (nSPS) is 11.5. The lowest BCUT2D eigenvalue weighted by Crippen LogP contribution is -2.17.